The molecule has 0 saturated heterocycles. The van der Waals surface area contributed by atoms with E-state index in [0.29, 0.717) is 23.7 Å². The van der Waals surface area contributed by atoms with Gasteiger partial charge in [0.25, 0.3) is 0 Å². The molecule has 0 aliphatic heterocycles. The standard InChI is InChI=1S/C13H21N3O2S/c1-16(6-7-19-3)9-13(17)15-11-5-4-10(14)8-12(11)18-2/h4-5,8H,6-7,9,14H2,1-3H3,(H,15,17). The summed E-state index contributed by atoms with van der Waals surface area (Å²) in [6.45, 7) is 1.24. The second kappa shape index (κ2) is 7.91. The molecule has 5 nitrogen and oxygen atoms in total. The Labute approximate surface area is 118 Å². The van der Waals surface area contributed by atoms with E-state index in [0.717, 1.165) is 12.3 Å². The SMILES string of the molecule is COc1cc(N)ccc1NC(=O)CN(C)CCSC. The van der Waals surface area contributed by atoms with Gasteiger partial charge in [-0.05, 0) is 25.4 Å². The van der Waals surface area contributed by atoms with Crippen LogP contribution < -0.4 is 15.8 Å². The van der Waals surface area contributed by atoms with Gasteiger partial charge in [-0.15, -0.1) is 0 Å². The van der Waals surface area contributed by atoms with Gasteiger partial charge < -0.3 is 15.8 Å². The highest BCUT2D eigenvalue weighted by atomic mass is 32.2. The molecular weight excluding hydrogens is 262 g/mol. The molecule has 1 aromatic carbocycles. The van der Waals surface area contributed by atoms with Crippen molar-refractivity contribution in [2.45, 2.75) is 0 Å². The Bertz CT molecular complexity index is 426. The summed E-state index contributed by atoms with van der Waals surface area (Å²) in [6, 6.07) is 5.16. The van der Waals surface area contributed by atoms with E-state index in [1.807, 2.05) is 18.2 Å². The predicted octanol–water partition coefficient (Wildman–Crippen LogP) is 1.51. The Morgan fingerprint density at radius 1 is 1.53 bits per heavy atom. The van der Waals surface area contributed by atoms with E-state index in [-0.39, 0.29) is 5.91 Å². The van der Waals surface area contributed by atoms with Crippen molar-refractivity contribution >= 4 is 29.0 Å². The first-order valence-corrected chi connectivity index (χ1v) is 7.37. The minimum absolute atomic E-state index is 0.0633. The van der Waals surface area contributed by atoms with Crippen LogP contribution in [0.15, 0.2) is 18.2 Å². The topological polar surface area (TPSA) is 67.6 Å². The van der Waals surface area contributed by atoms with Crippen molar-refractivity contribution in [1.29, 1.82) is 0 Å². The average Bonchev–Trinajstić information content (AvgIpc) is 2.38. The molecular formula is C13H21N3O2S. The molecule has 0 spiro atoms. The van der Waals surface area contributed by atoms with Crippen molar-refractivity contribution in [3.8, 4) is 5.75 Å². The van der Waals surface area contributed by atoms with Crippen molar-refractivity contribution < 1.29 is 9.53 Å². The first-order chi connectivity index (χ1) is 9.06. The molecule has 19 heavy (non-hydrogen) atoms. The molecule has 1 aromatic rings. The summed E-state index contributed by atoms with van der Waals surface area (Å²) in [5.74, 6) is 1.52. The quantitative estimate of drug-likeness (QED) is 0.743. The minimum Gasteiger partial charge on any atom is -0.494 e. The van der Waals surface area contributed by atoms with Gasteiger partial charge in [0, 0.05) is 24.1 Å². The highest BCUT2D eigenvalue weighted by Gasteiger charge is 2.10. The molecule has 0 aromatic heterocycles. The summed E-state index contributed by atoms with van der Waals surface area (Å²) < 4.78 is 5.19. The van der Waals surface area contributed by atoms with E-state index in [9.17, 15) is 4.79 Å². The highest BCUT2D eigenvalue weighted by molar-refractivity contribution is 7.98. The van der Waals surface area contributed by atoms with Crippen LogP contribution in [-0.4, -0.2) is 50.1 Å². The van der Waals surface area contributed by atoms with Crippen LogP contribution in [0.4, 0.5) is 11.4 Å². The molecule has 106 valence electrons. The highest BCUT2D eigenvalue weighted by Crippen LogP contribution is 2.26. The number of nitrogens with two attached hydrogens (primary N) is 1. The van der Waals surface area contributed by atoms with Gasteiger partial charge in [0.15, 0.2) is 0 Å². The van der Waals surface area contributed by atoms with Crippen LogP contribution in [0.25, 0.3) is 0 Å². The van der Waals surface area contributed by atoms with Crippen LogP contribution >= 0.6 is 11.8 Å². The number of ether oxygens (including phenoxy) is 1. The Balaban J connectivity index is 2.57. The number of carbonyl (C=O) groups excluding carboxylic acids is 1. The molecule has 0 atom stereocenters. The summed E-state index contributed by atoms with van der Waals surface area (Å²) >= 11 is 1.76. The number of nitrogen functional groups attached to an aromatic ring is 1. The van der Waals surface area contributed by atoms with Crippen molar-refractivity contribution in [2.75, 3.05) is 50.3 Å². The Morgan fingerprint density at radius 2 is 2.26 bits per heavy atom. The number of likely N-dealkylation sites (N-methyl/N-ethyl adjacent to an activating group) is 1. The van der Waals surface area contributed by atoms with E-state index in [1.54, 1.807) is 37.1 Å². The lowest BCUT2D eigenvalue weighted by Gasteiger charge is -2.16. The molecule has 0 unspecified atom stereocenters. The van der Waals surface area contributed by atoms with Crippen molar-refractivity contribution in [1.82, 2.24) is 4.90 Å². The zero-order valence-electron chi connectivity index (χ0n) is 11.6. The van der Waals surface area contributed by atoms with Crippen LogP contribution in [0.3, 0.4) is 0 Å². The van der Waals surface area contributed by atoms with Gasteiger partial charge in [-0.1, -0.05) is 0 Å². The van der Waals surface area contributed by atoms with Crippen LogP contribution in [0, 0.1) is 0 Å². The molecule has 0 fully saturated rings. The van der Waals surface area contributed by atoms with E-state index < -0.39 is 0 Å². The molecule has 0 aliphatic rings. The van der Waals surface area contributed by atoms with Gasteiger partial charge in [-0.2, -0.15) is 11.8 Å². The lowest BCUT2D eigenvalue weighted by Crippen LogP contribution is -2.31. The average molecular weight is 283 g/mol. The number of hydrogen-bond acceptors (Lipinski definition) is 5. The molecule has 1 rings (SSSR count). The van der Waals surface area contributed by atoms with E-state index >= 15 is 0 Å². The molecule has 0 radical (unpaired) electrons. The summed E-state index contributed by atoms with van der Waals surface area (Å²) in [4.78, 5) is 13.9. The van der Waals surface area contributed by atoms with Gasteiger partial charge in [-0.25, -0.2) is 0 Å². The Hall–Kier alpha value is -1.40. The zero-order chi connectivity index (χ0) is 14.3. The monoisotopic (exact) mass is 283 g/mol. The fraction of sp³-hybridized carbons (Fsp3) is 0.462. The third-order valence-corrected chi connectivity index (χ3v) is 3.18. The van der Waals surface area contributed by atoms with Crippen molar-refractivity contribution in [3.63, 3.8) is 0 Å². The maximum atomic E-state index is 11.9. The number of carbonyl (C=O) groups is 1. The fourth-order valence-corrected chi connectivity index (χ4v) is 2.07. The van der Waals surface area contributed by atoms with Crippen molar-refractivity contribution in [3.05, 3.63) is 18.2 Å². The van der Waals surface area contributed by atoms with Gasteiger partial charge in [0.2, 0.25) is 5.91 Å². The molecule has 0 heterocycles. The molecule has 6 heteroatoms. The van der Waals surface area contributed by atoms with Gasteiger partial charge >= 0.3 is 0 Å². The van der Waals surface area contributed by atoms with Crippen LogP contribution in [0.5, 0.6) is 5.75 Å². The van der Waals surface area contributed by atoms with Crippen LogP contribution in [0.1, 0.15) is 0 Å². The Morgan fingerprint density at radius 3 is 2.89 bits per heavy atom. The summed E-state index contributed by atoms with van der Waals surface area (Å²) in [7, 11) is 3.48. The second-order valence-corrected chi connectivity index (χ2v) is 5.22. The number of methoxy groups -OCH3 is 1. The van der Waals surface area contributed by atoms with E-state index in [2.05, 4.69) is 5.32 Å². The van der Waals surface area contributed by atoms with E-state index in [1.165, 1.54) is 0 Å². The fourth-order valence-electron chi connectivity index (χ4n) is 1.57. The smallest absolute Gasteiger partial charge is 0.238 e. The number of nitrogens with zero attached hydrogens (tertiary/aromatic N) is 1. The lowest BCUT2D eigenvalue weighted by atomic mass is 10.2. The van der Waals surface area contributed by atoms with Crippen LogP contribution in [-0.2, 0) is 4.79 Å². The third kappa shape index (κ3) is 5.40. The lowest BCUT2D eigenvalue weighted by molar-refractivity contribution is -0.117. The second-order valence-electron chi connectivity index (χ2n) is 4.24. The molecule has 0 aliphatic carbocycles. The third-order valence-electron chi connectivity index (χ3n) is 2.59. The molecule has 1 amide bonds. The number of amides is 1. The van der Waals surface area contributed by atoms with Crippen molar-refractivity contribution in [2.24, 2.45) is 0 Å². The summed E-state index contributed by atoms with van der Waals surface area (Å²) in [6.07, 6.45) is 2.05. The maximum absolute atomic E-state index is 11.9. The van der Waals surface area contributed by atoms with Gasteiger partial charge in [0.1, 0.15) is 5.75 Å². The number of anilines is 2. The van der Waals surface area contributed by atoms with Crippen LogP contribution in [0.2, 0.25) is 0 Å². The summed E-state index contributed by atoms with van der Waals surface area (Å²) in [5, 5.41) is 2.83. The number of nitrogens with one attached hydrogen (secondary N) is 1. The first-order valence-electron chi connectivity index (χ1n) is 5.97. The predicted molar refractivity (Wildman–Crippen MR) is 81.9 cm³/mol. The first kappa shape index (κ1) is 15.7. The summed E-state index contributed by atoms with van der Waals surface area (Å²) in [5.41, 5.74) is 6.91. The largest absolute Gasteiger partial charge is 0.494 e. The number of benzene rings is 1. The van der Waals surface area contributed by atoms with Gasteiger partial charge in [-0.3, -0.25) is 9.69 Å². The minimum atomic E-state index is -0.0633. The van der Waals surface area contributed by atoms with E-state index in [4.69, 9.17) is 10.5 Å². The number of rotatable bonds is 7. The zero-order valence-corrected chi connectivity index (χ0v) is 12.4. The molecule has 0 saturated carbocycles. The van der Waals surface area contributed by atoms with Gasteiger partial charge in [0.05, 0.1) is 19.3 Å². The number of thioether (sulfide) groups is 1. The maximum Gasteiger partial charge on any atom is 0.238 e. The number of hydrogen-bond donors (Lipinski definition) is 2. The molecule has 3 N–H and O–H groups in total. The Kier molecular flexibility index (Phi) is 6.52. The molecule has 0 bridgehead atoms. The normalized spacial score (nSPS) is 10.5.